The Morgan fingerprint density at radius 2 is 1.54 bits per heavy atom. The average molecular weight is 413 g/mol. The molecule has 0 heterocycles. The van der Waals surface area contributed by atoms with Gasteiger partial charge in [0.15, 0.2) is 0 Å². The number of halogens is 1. The van der Waals surface area contributed by atoms with Gasteiger partial charge in [0.05, 0.1) is 12.5 Å². The SMILES string of the molecule is O=C(O)C(CCOc1ccc(-c2ccc(Cl)cc2)cc1)CSc1ccccc1. The molecule has 3 aromatic rings. The van der Waals surface area contributed by atoms with Crippen molar-refractivity contribution in [1.29, 1.82) is 0 Å². The number of carbonyl (C=O) groups is 1. The van der Waals surface area contributed by atoms with Crippen molar-refractivity contribution in [2.45, 2.75) is 11.3 Å². The molecule has 0 saturated carbocycles. The van der Waals surface area contributed by atoms with Crippen molar-refractivity contribution < 1.29 is 14.6 Å². The first kappa shape index (κ1) is 20.3. The summed E-state index contributed by atoms with van der Waals surface area (Å²) in [6.45, 7) is 0.368. The molecule has 3 nitrogen and oxygen atoms in total. The normalized spacial score (nSPS) is 11.8. The first-order chi connectivity index (χ1) is 13.6. The fraction of sp³-hybridized carbons (Fsp3) is 0.174. The van der Waals surface area contributed by atoms with Gasteiger partial charge in [-0.1, -0.05) is 54.1 Å². The zero-order chi connectivity index (χ0) is 19.8. The largest absolute Gasteiger partial charge is 0.494 e. The molecule has 1 unspecified atom stereocenters. The first-order valence-corrected chi connectivity index (χ1v) is 10.4. The Hall–Kier alpha value is -2.43. The third kappa shape index (κ3) is 6.04. The minimum atomic E-state index is -0.787. The van der Waals surface area contributed by atoms with Gasteiger partial charge in [-0.2, -0.15) is 0 Å². The highest BCUT2D eigenvalue weighted by atomic mass is 35.5. The van der Waals surface area contributed by atoms with Gasteiger partial charge in [-0.05, 0) is 53.9 Å². The van der Waals surface area contributed by atoms with E-state index >= 15 is 0 Å². The van der Waals surface area contributed by atoms with E-state index in [-0.39, 0.29) is 0 Å². The molecule has 0 amide bonds. The van der Waals surface area contributed by atoms with Gasteiger partial charge < -0.3 is 9.84 Å². The first-order valence-electron chi connectivity index (χ1n) is 9.01. The van der Waals surface area contributed by atoms with Gasteiger partial charge >= 0.3 is 5.97 Å². The Balaban J connectivity index is 1.49. The lowest BCUT2D eigenvalue weighted by Gasteiger charge is -2.13. The molecule has 0 radical (unpaired) electrons. The van der Waals surface area contributed by atoms with Crippen LogP contribution in [0.3, 0.4) is 0 Å². The number of hydrogen-bond acceptors (Lipinski definition) is 3. The van der Waals surface area contributed by atoms with Gasteiger partial charge in [-0.15, -0.1) is 11.8 Å². The number of benzene rings is 3. The lowest BCUT2D eigenvalue weighted by molar-refractivity contribution is -0.141. The Kier molecular flexibility index (Phi) is 7.40. The molecule has 0 fully saturated rings. The Morgan fingerprint density at radius 3 is 2.14 bits per heavy atom. The van der Waals surface area contributed by atoms with Crippen molar-refractivity contribution in [1.82, 2.24) is 0 Å². The average Bonchev–Trinajstić information content (AvgIpc) is 2.72. The molecule has 1 atom stereocenters. The van der Waals surface area contributed by atoms with Crippen molar-refractivity contribution in [2.75, 3.05) is 12.4 Å². The third-order valence-corrected chi connectivity index (χ3v) is 5.74. The van der Waals surface area contributed by atoms with Gasteiger partial charge in [0.2, 0.25) is 0 Å². The van der Waals surface area contributed by atoms with Crippen molar-refractivity contribution in [3.63, 3.8) is 0 Å². The molecular formula is C23H21ClO3S. The van der Waals surface area contributed by atoms with E-state index in [4.69, 9.17) is 16.3 Å². The number of aliphatic carboxylic acids is 1. The Morgan fingerprint density at radius 1 is 0.929 bits per heavy atom. The molecule has 3 aromatic carbocycles. The number of ether oxygens (including phenoxy) is 1. The summed E-state index contributed by atoms with van der Waals surface area (Å²) in [6.07, 6.45) is 0.466. The fourth-order valence-corrected chi connectivity index (χ4v) is 3.88. The van der Waals surface area contributed by atoms with E-state index in [1.807, 2.05) is 78.9 Å². The molecule has 3 rings (SSSR count). The summed E-state index contributed by atoms with van der Waals surface area (Å²) < 4.78 is 5.75. The monoisotopic (exact) mass is 412 g/mol. The number of carboxylic acids is 1. The summed E-state index contributed by atoms with van der Waals surface area (Å²) in [5, 5.41) is 10.2. The molecule has 0 saturated heterocycles. The number of carboxylic acid groups (broad SMARTS) is 1. The Labute approximate surface area is 174 Å². The van der Waals surface area contributed by atoms with Gasteiger partial charge in [0.1, 0.15) is 5.75 Å². The summed E-state index contributed by atoms with van der Waals surface area (Å²) in [5.74, 6) is 0.0271. The van der Waals surface area contributed by atoms with Crippen LogP contribution in [0.5, 0.6) is 5.75 Å². The second kappa shape index (κ2) is 10.2. The molecule has 0 aliphatic rings. The van der Waals surface area contributed by atoms with Crippen molar-refractivity contribution >= 4 is 29.3 Å². The topological polar surface area (TPSA) is 46.5 Å². The minimum Gasteiger partial charge on any atom is -0.494 e. The van der Waals surface area contributed by atoms with Gasteiger partial charge in [0, 0.05) is 15.7 Å². The maximum atomic E-state index is 11.5. The van der Waals surface area contributed by atoms with Crippen LogP contribution in [0, 0.1) is 5.92 Å². The van der Waals surface area contributed by atoms with Crippen molar-refractivity contribution in [2.24, 2.45) is 5.92 Å². The molecule has 144 valence electrons. The zero-order valence-electron chi connectivity index (χ0n) is 15.3. The van der Waals surface area contributed by atoms with Crippen LogP contribution in [0.15, 0.2) is 83.8 Å². The minimum absolute atomic E-state index is 0.368. The quantitative estimate of drug-likeness (QED) is 0.421. The van der Waals surface area contributed by atoms with Crippen LogP contribution in [-0.2, 0) is 4.79 Å². The van der Waals surface area contributed by atoms with Crippen LogP contribution in [0.4, 0.5) is 0 Å². The van der Waals surface area contributed by atoms with Crippen LogP contribution >= 0.6 is 23.4 Å². The number of hydrogen-bond donors (Lipinski definition) is 1. The molecule has 1 N–H and O–H groups in total. The smallest absolute Gasteiger partial charge is 0.307 e. The van der Waals surface area contributed by atoms with E-state index in [9.17, 15) is 9.90 Å². The summed E-state index contributed by atoms with van der Waals surface area (Å²) in [7, 11) is 0. The van der Waals surface area contributed by atoms with E-state index in [1.165, 1.54) is 0 Å². The van der Waals surface area contributed by atoms with Gasteiger partial charge in [0.25, 0.3) is 0 Å². The van der Waals surface area contributed by atoms with Crippen molar-refractivity contribution in [3.8, 4) is 16.9 Å². The third-order valence-electron chi connectivity index (χ3n) is 4.31. The predicted molar refractivity (Wildman–Crippen MR) is 115 cm³/mol. The summed E-state index contributed by atoms with van der Waals surface area (Å²) in [5.41, 5.74) is 2.16. The molecule has 5 heteroatoms. The van der Waals surface area contributed by atoms with Crippen LogP contribution in [0.2, 0.25) is 5.02 Å². The zero-order valence-corrected chi connectivity index (χ0v) is 16.8. The number of thioether (sulfide) groups is 1. The highest BCUT2D eigenvalue weighted by molar-refractivity contribution is 7.99. The second-order valence-electron chi connectivity index (χ2n) is 6.33. The van der Waals surface area contributed by atoms with Crippen LogP contribution < -0.4 is 4.74 Å². The van der Waals surface area contributed by atoms with E-state index in [1.54, 1.807) is 11.8 Å². The summed E-state index contributed by atoms with van der Waals surface area (Å²) >= 11 is 7.48. The second-order valence-corrected chi connectivity index (χ2v) is 7.86. The van der Waals surface area contributed by atoms with Crippen LogP contribution in [0.1, 0.15) is 6.42 Å². The number of rotatable bonds is 9. The highest BCUT2D eigenvalue weighted by Crippen LogP contribution is 2.25. The summed E-state index contributed by atoms with van der Waals surface area (Å²) in [4.78, 5) is 12.6. The molecule has 0 aliphatic heterocycles. The van der Waals surface area contributed by atoms with E-state index in [2.05, 4.69) is 0 Å². The molecule has 0 spiro atoms. The lowest BCUT2D eigenvalue weighted by atomic mass is 10.1. The molecule has 28 heavy (non-hydrogen) atoms. The standard InChI is InChI=1S/C23H21ClO3S/c24-20-10-6-17(7-11-20)18-8-12-21(13-9-18)27-15-14-19(23(25)26)16-28-22-4-2-1-3-5-22/h1-13,19H,14-16H2,(H,25,26). The Bertz CT molecular complexity index is 880. The highest BCUT2D eigenvalue weighted by Gasteiger charge is 2.18. The van der Waals surface area contributed by atoms with E-state index in [0.717, 1.165) is 21.8 Å². The van der Waals surface area contributed by atoms with Crippen LogP contribution in [-0.4, -0.2) is 23.4 Å². The van der Waals surface area contributed by atoms with Crippen LogP contribution in [0.25, 0.3) is 11.1 Å². The van der Waals surface area contributed by atoms with E-state index in [0.29, 0.717) is 23.8 Å². The molecule has 0 aromatic heterocycles. The van der Waals surface area contributed by atoms with Gasteiger partial charge in [-0.3, -0.25) is 4.79 Å². The van der Waals surface area contributed by atoms with Crippen molar-refractivity contribution in [3.05, 3.63) is 83.9 Å². The van der Waals surface area contributed by atoms with E-state index < -0.39 is 11.9 Å². The van der Waals surface area contributed by atoms with Gasteiger partial charge in [-0.25, -0.2) is 0 Å². The summed E-state index contributed by atoms with van der Waals surface area (Å²) in [6, 6.07) is 25.3. The predicted octanol–water partition coefficient (Wildman–Crippen LogP) is 6.27. The lowest BCUT2D eigenvalue weighted by Crippen LogP contribution is -2.19. The molecular weight excluding hydrogens is 392 g/mol. The molecule has 0 aliphatic carbocycles. The maximum Gasteiger partial charge on any atom is 0.307 e. The molecule has 0 bridgehead atoms. The maximum absolute atomic E-state index is 11.5. The fourth-order valence-electron chi connectivity index (χ4n) is 2.70.